The lowest BCUT2D eigenvalue weighted by Crippen LogP contribution is -2.14. The van der Waals surface area contributed by atoms with Crippen LogP contribution in [-0.2, 0) is 12.5 Å². The monoisotopic (exact) mass is 473 g/mol. The second kappa shape index (κ2) is 7.11. The Bertz CT molecular complexity index is 2070. The number of rotatable bonds is 1. The lowest BCUT2D eigenvalue weighted by atomic mass is 9.81. The minimum Gasteiger partial charge on any atom is -0.343 e. The molecule has 7 aromatic rings. The molecule has 0 N–H and O–H groups in total. The number of benzene rings is 6. The number of hydrogen-bond donors (Lipinski definition) is 0. The van der Waals surface area contributed by atoms with E-state index in [1.807, 2.05) is 0 Å². The summed E-state index contributed by atoms with van der Waals surface area (Å²) in [7, 11) is 2.22. The van der Waals surface area contributed by atoms with Crippen molar-refractivity contribution in [2.24, 2.45) is 7.05 Å². The zero-order valence-corrected chi connectivity index (χ0v) is 21.3. The van der Waals surface area contributed by atoms with Gasteiger partial charge in [-0.25, -0.2) is 0 Å². The van der Waals surface area contributed by atoms with E-state index in [-0.39, 0.29) is 5.41 Å². The molecule has 0 saturated carbocycles. The van der Waals surface area contributed by atoms with Gasteiger partial charge in [0.1, 0.15) is 0 Å². The van der Waals surface area contributed by atoms with Gasteiger partial charge in [0.25, 0.3) is 0 Å². The van der Waals surface area contributed by atoms with Crippen LogP contribution in [0.5, 0.6) is 0 Å². The first-order chi connectivity index (χ1) is 18.1. The number of hydrogen-bond acceptors (Lipinski definition) is 0. The number of aromatic nitrogens is 1. The molecule has 0 unspecified atom stereocenters. The van der Waals surface area contributed by atoms with E-state index in [4.69, 9.17) is 0 Å². The molecule has 0 atom stereocenters. The topological polar surface area (TPSA) is 4.93 Å². The van der Waals surface area contributed by atoms with Crippen molar-refractivity contribution in [3.05, 3.63) is 120 Å². The summed E-state index contributed by atoms with van der Waals surface area (Å²) in [5, 5.41) is 7.96. The van der Waals surface area contributed by atoms with E-state index in [0.29, 0.717) is 0 Å². The molecule has 1 nitrogen and oxygen atoms in total. The summed E-state index contributed by atoms with van der Waals surface area (Å²) in [6.07, 6.45) is 0. The van der Waals surface area contributed by atoms with Crippen LogP contribution in [0.2, 0.25) is 0 Å². The molecular weight excluding hydrogens is 446 g/mol. The third kappa shape index (κ3) is 2.59. The zero-order chi connectivity index (χ0) is 24.9. The van der Waals surface area contributed by atoms with Gasteiger partial charge < -0.3 is 4.57 Å². The number of aryl methyl sites for hydroxylation is 1. The zero-order valence-electron chi connectivity index (χ0n) is 21.3. The maximum Gasteiger partial charge on any atom is 0.0575 e. The Kier molecular flexibility index (Phi) is 4.00. The van der Waals surface area contributed by atoms with Crippen LogP contribution in [0.15, 0.2) is 109 Å². The van der Waals surface area contributed by atoms with E-state index in [2.05, 4.69) is 135 Å². The van der Waals surface area contributed by atoms with Gasteiger partial charge in [-0.05, 0) is 61.7 Å². The van der Waals surface area contributed by atoms with Gasteiger partial charge in [-0.2, -0.15) is 0 Å². The third-order valence-corrected chi connectivity index (χ3v) is 8.79. The summed E-state index contributed by atoms with van der Waals surface area (Å²) in [6, 6.07) is 40.5. The number of fused-ring (bicyclic) bond motifs is 11. The SMILES string of the molecule is Cn1c2cccc(-c3ccc4c(c3)C(C)(C)c3ccccc3-4)c2c2c3ccccc3c3ccccc3c21. The van der Waals surface area contributed by atoms with Crippen LogP contribution < -0.4 is 0 Å². The fourth-order valence-corrected chi connectivity index (χ4v) is 7.04. The third-order valence-electron chi connectivity index (χ3n) is 8.79. The van der Waals surface area contributed by atoms with Gasteiger partial charge in [0.2, 0.25) is 0 Å². The molecule has 1 aliphatic rings. The van der Waals surface area contributed by atoms with Gasteiger partial charge in [-0.15, -0.1) is 0 Å². The first-order valence-corrected chi connectivity index (χ1v) is 13.1. The van der Waals surface area contributed by atoms with Crippen molar-refractivity contribution in [3.63, 3.8) is 0 Å². The molecule has 1 aromatic heterocycles. The highest BCUT2D eigenvalue weighted by molar-refractivity contribution is 6.33. The van der Waals surface area contributed by atoms with Crippen molar-refractivity contribution < 1.29 is 0 Å². The van der Waals surface area contributed by atoms with Crippen LogP contribution >= 0.6 is 0 Å². The second-order valence-electron chi connectivity index (χ2n) is 11.0. The summed E-state index contributed by atoms with van der Waals surface area (Å²) in [5.41, 5.74) is 10.7. The molecule has 0 saturated heterocycles. The summed E-state index contributed by atoms with van der Waals surface area (Å²) in [5.74, 6) is 0. The average Bonchev–Trinajstić information content (AvgIpc) is 3.37. The van der Waals surface area contributed by atoms with Crippen molar-refractivity contribution in [1.29, 1.82) is 0 Å². The van der Waals surface area contributed by atoms with E-state index < -0.39 is 0 Å². The average molecular weight is 474 g/mol. The summed E-state index contributed by atoms with van der Waals surface area (Å²) in [4.78, 5) is 0. The molecule has 1 aliphatic carbocycles. The maximum absolute atomic E-state index is 2.45. The van der Waals surface area contributed by atoms with Gasteiger partial charge in [0, 0.05) is 34.1 Å². The van der Waals surface area contributed by atoms with Crippen LogP contribution in [0.1, 0.15) is 25.0 Å². The van der Waals surface area contributed by atoms with Gasteiger partial charge in [-0.3, -0.25) is 0 Å². The quantitative estimate of drug-likeness (QED) is 0.209. The van der Waals surface area contributed by atoms with Crippen LogP contribution in [-0.4, -0.2) is 4.57 Å². The fraction of sp³-hybridized carbons (Fsp3) is 0.111. The predicted molar refractivity (Wildman–Crippen MR) is 158 cm³/mol. The lowest BCUT2D eigenvalue weighted by Gasteiger charge is -2.22. The highest BCUT2D eigenvalue weighted by atomic mass is 14.9. The van der Waals surface area contributed by atoms with Crippen LogP contribution in [0.25, 0.3) is 65.6 Å². The second-order valence-corrected chi connectivity index (χ2v) is 11.0. The van der Waals surface area contributed by atoms with Crippen LogP contribution in [0.3, 0.4) is 0 Å². The summed E-state index contributed by atoms with van der Waals surface area (Å²) < 4.78 is 2.40. The Morgan fingerprint density at radius 1 is 0.514 bits per heavy atom. The standard InChI is InChI=1S/C36H27N/c1-36(2)30-17-9-8-13-26(30)27-20-19-22(21-31(27)36)23-16-10-18-32-33(23)34-28-14-6-4-11-24(28)25-12-5-7-15-29(25)35(34)37(32)3/h4-21H,1-3H3. The molecular formula is C36H27N. The maximum atomic E-state index is 2.45. The molecule has 37 heavy (non-hydrogen) atoms. The lowest BCUT2D eigenvalue weighted by molar-refractivity contribution is 0.660. The van der Waals surface area contributed by atoms with E-state index in [1.54, 1.807) is 0 Å². The van der Waals surface area contributed by atoms with E-state index in [9.17, 15) is 0 Å². The molecule has 1 heterocycles. The Hall–Kier alpha value is -4.36. The Morgan fingerprint density at radius 3 is 1.95 bits per heavy atom. The van der Waals surface area contributed by atoms with E-state index >= 15 is 0 Å². The molecule has 1 heteroatoms. The minimum atomic E-state index is -0.0164. The smallest absolute Gasteiger partial charge is 0.0575 e. The predicted octanol–water partition coefficient (Wildman–Crippen LogP) is 9.61. The molecule has 6 aromatic carbocycles. The highest BCUT2D eigenvalue weighted by Gasteiger charge is 2.35. The molecule has 0 aliphatic heterocycles. The van der Waals surface area contributed by atoms with Crippen LogP contribution in [0, 0.1) is 0 Å². The fourth-order valence-electron chi connectivity index (χ4n) is 7.04. The van der Waals surface area contributed by atoms with Crippen molar-refractivity contribution in [3.8, 4) is 22.3 Å². The Balaban J connectivity index is 1.51. The van der Waals surface area contributed by atoms with Crippen molar-refractivity contribution in [1.82, 2.24) is 4.57 Å². The molecule has 176 valence electrons. The minimum absolute atomic E-state index is 0.0164. The van der Waals surface area contributed by atoms with Gasteiger partial charge in [0.05, 0.1) is 5.52 Å². The summed E-state index contributed by atoms with van der Waals surface area (Å²) in [6.45, 7) is 4.72. The highest BCUT2D eigenvalue weighted by Crippen LogP contribution is 2.50. The molecule has 8 rings (SSSR count). The Morgan fingerprint density at radius 2 is 1.14 bits per heavy atom. The van der Waals surface area contributed by atoms with E-state index in [0.717, 1.165) is 0 Å². The largest absolute Gasteiger partial charge is 0.343 e. The van der Waals surface area contributed by atoms with Crippen molar-refractivity contribution in [2.45, 2.75) is 19.3 Å². The molecule has 0 fully saturated rings. The first-order valence-electron chi connectivity index (χ1n) is 13.1. The molecule has 0 bridgehead atoms. The number of nitrogens with zero attached hydrogens (tertiary/aromatic N) is 1. The van der Waals surface area contributed by atoms with Crippen molar-refractivity contribution >= 4 is 43.4 Å². The molecule has 0 amide bonds. The molecule has 0 spiro atoms. The van der Waals surface area contributed by atoms with E-state index in [1.165, 1.54) is 76.7 Å². The van der Waals surface area contributed by atoms with Gasteiger partial charge in [0.15, 0.2) is 0 Å². The normalized spacial score (nSPS) is 14.0. The summed E-state index contributed by atoms with van der Waals surface area (Å²) >= 11 is 0. The first kappa shape index (κ1) is 20.8. The van der Waals surface area contributed by atoms with Crippen molar-refractivity contribution in [2.75, 3.05) is 0 Å². The molecule has 0 radical (unpaired) electrons. The van der Waals surface area contributed by atoms with Crippen LogP contribution in [0.4, 0.5) is 0 Å². The Labute approximate surface area is 216 Å². The van der Waals surface area contributed by atoms with Gasteiger partial charge in [-0.1, -0.05) is 111 Å². The van der Waals surface area contributed by atoms with Gasteiger partial charge >= 0.3 is 0 Å².